The lowest BCUT2D eigenvalue weighted by atomic mass is 9.96. The second-order valence-corrected chi connectivity index (χ2v) is 8.64. The van der Waals surface area contributed by atoms with Crippen LogP contribution < -0.4 is 16.4 Å². The van der Waals surface area contributed by atoms with Crippen molar-refractivity contribution < 1.29 is 23.5 Å². The van der Waals surface area contributed by atoms with Gasteiger partial charge in [-0.1, -0.05) is 0 Å². The molecule has 1 aromatic carbocycles. The average Bonchev–Trinajstić information content (AvgIpc) is 3.24. The van der Waals surface area contributed by atoms with Crippen molar-refractivity contribution in [1.82, 2.24) is 10.3 Å². The van der Waals surface area contributed by atoms with Gasteiger partial charge in [0.05, 0.1) is 34.5 Å². The molecule has 0 unspecified atom stereocenters. The van der Waals surface area contributed by atoms with Gasteiger partial charge in [0.1, 0.15) is 22.5 Å². The zero-order valence-corrected chi connectivity index (χ0v) is 17.4. The molecule has 4 rings (SSSR count). The van der Waals surface area contributed by atoms with Crippen molar-refractivity contribution >= 4 is 34.0 Å². The monoisotopic (exact) mass is 444 g/mol. The maximum atomic E-state index is 14.8. The van der Waals surface area contributed by atoms with E-state index in [9.17, 15) is 23.5 Å². The van der Waals surface area contributed by atoms with Gasteiger partial charge in [-0.25, -0.2) is 13.8 Å². The number of nitrogens with one attached hydrogen (secondary N) is 2. The third-order valence-electron chi connectivity index (χ3n) is 4.87. The van der Waals surface area contributed by atoms with Crippen LogP contribution in [0.25, 0.3) is 10.4 Å². The molecule has 1 aliphatic heterocycles. The molecule has 0 fully saturated rings. The molecule has 2 amide bonds. The highest BCUT2D eigenvalue weighted by atomic mass is 32.1. The van der Waals surface area contributed by atoms with E-state index in [1.54, 1.807) is 12.1 Å². The van der Waals surface area contributed by atoms with Gasteiger partial charge in [0.25, 0.3) is 11.8 Å². The van der Waals surface area contributed by atoms with Crippen LogP contribution in [0, 0.1) is 11.6 Å². The van der Waals surface area contributed by atoms with Gasteiger partial charge in [-0.05, 0) is 49.7 Å². The van der Waals surface area contributed by atoms with Crippen LogP contribution in [-0.2, 0) is 12.1 Å². The quantitative estimate of drug-likeness (QED) is 0.481. The molecule has 3 heterocycles. The van der Waals surface area contributed by atoms with Gasteiger partial charge in [-0.2, -0.15) is 0 Å². The zero-order chi connectivity index (χ0) is 22.5. The molecule has 3 aromatic rings. The predicted octanol–water partition coefficient (Wildman–Crippen LogP) is 3.40. The van der Waals surface area contributed by atoms with Crippen molar-refractivity contribution in [1.29, 1.82) is 0 Å². The lowest BCUT2D eigenvalue weighted by molar-refractivity contribution is 0.0778. The number of thiophene rings is 1. The first kappa shape index (κ1) is 20.9. The highest BCUT2D eigenvalue weighted by molar-refractivity contribution is 7.20. The summed E-state index contributed by atoms with van der Waals surface area (Å²) in [6.45, 7) is 3.13. The fourth-order valence-corrected chi connectivity index (χ4v) is 4.36. The highest BCUT2D eigenvalue weighted by Gasteiger charge is 2.25. The Morgan fingerprint density at radius 2 is 1.94 bits per heavy atom. The number of halogens is 2. The van der Waals surface area contributed by atoms with Gasteiger partial charge < -0.3 is 21.5 Å². The number of fused-ring (bicyclic) bond motifs is 1. The Bertz CT molecular complexity index is 1210. The Labute approximate surface area is 179 Å². The largest absolute Gasteiger partial charge is 0.386 e. The molecule has 0 atom stereocenters. The lowest BCUT2D eigenvalue weighted by Crippen LogP contribution is -2.16. The molecule has 5 N–H and O–H groups in total. The predicted molar refractivity (Wildman–Crippen MR) is 112 cm³/mol. The summed E-state index contributed by atoms with van der Waals surface area (Å²) in [6, 6.07) is 6.58. The molecule has 160 valence electrons. The number of primary amides is 1. The van der Waals surface area contributed by atoms with Crippen LogP contribution in [0.2, 0.25) is 0 Å². The maximum Gasteiger partial charge on any atom is 0.253 e. The van der Waals surface area contributed by atoms with E-state index in [4.69, 9.17) is 5.73 Å². The van der Waals surface area contributed by atoms with Crippen molar-refractivity contribution in [3.8, 4) is 10.4 Å². The van der Waals surface area contributed by atoms with Crippen molar-refractivity contribution in [2.24, 2.45) is 5.73 Å². The van der Waals surface area contributed by atoms with E-state index in [1.807, 2.05) is 0 Å². The number of pyridine rings is 1. The number of aromatic nitrogens is 1. The van der Waals surface area contributed by atoms with Crippen LogP contribution in [0.15, 0.2) is 30.3 Å². The first-order chi connectivity index (χ1) is 14.5. The first-order valence-electron chi connectivity index (χ1n) is 9.25. The Kier molecular flexibility index (Phi) is 4.98. The van der Waals surface area contributed by atoms with E-state index >= 15 is 0 Å². The van der Waals surface area contributed by atoms with Crippen LogP contribution in [0.4, 0.5) is 19.6 Å². The van der Waals surface area contributed by atoms with Crippen LogP contribution in [0.5, 0.6) is 0 Å². The zero-order valence-electron chi connectivity index (χ0n) is 16.5. The van der Waals surface area contributed by atoms with Crippen molar-refractivity contribution in [2.45, 2.75) is 26.0 Å². The van der Waals surface area contributed by atoms with Crippen LogP contribution in [0.3, 0.4) is 0 Å². The average molecular weight is 444 g/mol. The second-order valence-electron chi connectivity index (χ2n) is 7.59. The van der Waals surface area contributed by atoms with E-state index in [-0.39, 0.29) is 39.0 Å². The molecule has 0 saturated heterocycles. The number of carbonyl (C=O) groups is 2. The summed E-state index contributed by atoms with van der Waals surface area (Å²) >= 11 is 0.934. The molecular formula is C21H18F2N4O3S. The number of hydrogen-bond donors (Lipinski definition) is 4. The normalized spacial score (nSPS) is 13.1. The fraction of sp³-hybridized carbons (Fsp3) is 0.190. The van der Waals surface area contributed by atoms with Gasteiger partial charge in [-0.15, -0.1) is 11.3 Å². The minimum Gasteiger partial charge on any atom is -0.386 e. The summed E-state index contributed by atoms with van der Waals surface area (Å²) in [5, 5.41) is 15.9. The molecule has 1 aliphatic rings. The summed E-state index contributed by atoms with van der Waals surface area (Å²) in [6.07, 6.45) is 0. The van der Waals surface area contributed by atoms with Gasteiger partial charge in [0.2, 0.25) is 0 Å². The number of amides is 2. The second kappa shape index (κ2) is 7.40. The SMILES string of the molecule is CC(C)(O)c1cc(F)c(-c2cc(C(N)=O)c(Nc3ccc4c(n3)CNC4=O)s2)c(F)c1. The Hall–Kier alpha value is -3.37. The van der Waals surface area contributed by atoms with Crippen LogP contribution >= 0.6 is 11.3 Å². The third-order valence-corrected chi connectivity index (χ3v) is 5.94. The van der Waals surface area contributed by atoms with Gasteiger partial charge in [0.15, 0.2) is 0 Å². The van der Waals surface area contributed by atoms with E-state index in [0.717, 1.165) is 23.5 Å². The molecule has 0 spiro atoms. The molecule has 7 nitrogen and oxygen atoms in total. The number of carbonyl (C=O) groups excluding carboxylic acids is 2. The number of hydrogen-bond acceptors (Lipinski definition) is 6. The first-order valence-corrected chi connectivity index (χ1v) is 10.1. The van der Waals surface area contributed by atoms with Crippen LogP contribution in [-0.4, -0.2) is 21.9 Å². The topological polar surface area (TPSA) is 117 Å². The van der Waals surface area contributed by atoms with Crippen LogP contribution in [0.1, 0.15) is 45.8 Å². The van der Waals surface area contributed by atoms with Crippen molar-refractivity contribution in [3.05, 3.63) is 64.4 Å². The summed E-state index contributed by atoms with van der Waals surface area (Å²) < 4.78 is 29.5. The molecular weight excluding hydrogens is 426 g/mol. The Balaban J connectivity index is 1.74. The summed E-state index contributed by atoms with van der Waals surface area (Å²) in [5.41, 5.74) is 4.85. The van der Waals surface area contributed by atoms with E-state index < -0.39 is 23.1 Å². The molecule has 0 aliphatic carbocycles. The third kappa shape index (κ3) is 3.87. The number of benzene rings is 1. The minimum atomic E-state index is -1.42. The Morgan fingerprint density at radius 1 is 1.26 bits per heavy atom. The van der Waals surface area contributed by atoms with Crippen molar-refractivity contribution in [3.63, 3.8) is 0 Å². The van der Waals surface area contributed by atoms with Crippen molar-refractivity contribution in [2.75, 3.05) is 5.32 Å². The highest BCUT2D eigenvalue weighted by Crippen LogP contribution is 2.40. The Morgan fingerprint density at radius 3 is 2.55 bits per heavy atom. The number of rotatable bonds is 5. The van der Waals surface area contributed by atoms with Gasteiger partial charge in [-0.3, -0.25) is 9.59 Å². The fourth-order valence-electron chi connectivity index (χ4n) is 3.24. The molecule has 0 bridgehead atoms. The van der Waals surface area contributed by atoms with E-state index in [1.165, 1.54) is 19.9 Å². The number of aliphatic hydroxyl groups is 1. The number of nitrogens with zero attached hydrogens (tertiary/aromatic N) is 1. The maximum absolute atomic E-state index is 14.8. The van der Waals surface area contributed by atoms with E-state index in [2.05, 4.69) is 15.6 Å². The molecule has 31 heavy (non-hydrogen) atoms. The molecule has 0 radical (unpaired) electrons. The molecule has 0 saturated carbocycles. The lowest BCUT2D eigenvalue weighted by Gasteiger charge is -2.18. The summed E-state index contributed by atoms with van der Waals surface area (Å²) in [4.78, 5) is 28.1. The summed E-state index contributed by atoms with van der Waals surface area (Å²) in [5.74, 6) is -2.39. The number of nitrogens with two attached hydrogens (primary N) is 1. The molecule has 10 heteroatoms. The van der Waals surface area contributed by atoms with E-state index in [0.29, 0.717) is 17.1 Å². The standard InChI is InChI=1S/C21H18F2N4O3S/c1-21(2,30)9-5-12(22)17(13(23)6-9)15-7-11(18(24)28)20(31-15)27-16-4-3-10-14(26-16)8-25-19(10)29/h3-7,30H,8H2,1-2H3,(H2,24,28)(H,25,29)(H,26,27). The smallest absolute Gasteiger partial charge is 0.253 e. The van der Waals surface area contributed by atoms with Gasteiger partial charge >= 0.3 is 0 Å². The number of anilines is 2. The minimum absolute atomic E-state index is 0.0434. The van der Waals surface area contributed by atoms with Gasteiger partial charge in [0, 0.05) is 4.88 Å². The molecule has 2 aromatic heterocycles. The summed E-state index contributed by atoms with van der Waals surface area (Å²) in [7, 11) is 0.